The number of benzene rings is 1. The van der Waals surface area contributed by atoms with Gasteiger partial charge in [0.15, 0.2) is 6.04 Å². The molecule has 1 aliphatic heterocycles. The molecule has 20 heavy (non-hydrogen) atoms. The molecular weight excluding hydrogens is 283 g/mol. The van der Waals surface area contributed by atoms with Crippen LogP contribution in [0.2, 0.25) is 0 Å². The Morgan fingerprint density at radius 1 is 1.40 bits per heavy atom. The minimum atomic E-state index is -1.11. The van der Waals surface area contributed by atoms with Crippen LogP contribution in [0.4, 0.5) is 4.39 Å². The van der Waals surface area contributed by atoms with Crippen molar-refractivity contribution in [3.8, 4) is 0 Å². The van der Waals surface area contributed by atoms with Gasteiger partial charge in [-0.3, -0.25) is 4.79 Å². The second-order valence-corrected chi connectivity index (χ2v) is 4.77. The van der Waals surface area contributed by atoms with Crippen molar-refractivity contribution in [1.82, 2.24) is 5.01 Å². The van der Waals surface area contributed by atoms with Crippen molar-refractivity contribution in [2.24, 2.45) is 5.10 Å². The quantitative estimate of drug-likeness (QED) is 0.828. The first-order valence-electron chi connectivity index (χ1n) is 6.02. The first kappa shape index (κ1) is 14.5. The van der Waals surface area contributed by atoms with Crippen LogP contribution in [-0.4, -0.2) is 39.5 Å². The van der Waals surface area contributed by atoms with Crippen molar-refractivity contribution in [2.75, 3.05) is 5.75 Å². The molecule has 0 radical (unpaired) electrons. The molecule has 1 aromatic rings. The average Bonchev–Trinajstić information content (AvgIpc) is 2.85. The SMILES string of the molecule is O=C(O)C1CC(c2ccc(F)cc2)=NN1C(=O)CCS. The average molecular weight is 296 g/mol. The van der Waals surface area contributed by atoms with E-state index in [0.29, 0.717) is 17.0 Å². The van der Waals surface area contributed by atoms with Gasteiger partial charge in [-0.2, -0.15) is 17.7 Å². The van der Waals surface area contributed by atoms with E-state index in [1.165, 1.54) is 24.3 Å². The van der Waals surface area contributed by atoms with E-state index in [2.05, 4.69) is 17.7 Å². The Hall–Kier alpha value is -1.89. The molecule has 0 fully saturated rings. The first-order valence-corrected chi connectivity index (χ1v) is 6.65. The third kappa shape index (κ3) is 2.98. The number of hydrogen-bond donors (Lipinski definition) is 2. The fraction of sp³-hybridized carbons (Fsp3) is 0.308. The maximum absolute atomic E-state index is 12.9. The number of carbonyl (C=O) groups excluding carboxylic acids is 1. The third-order valence-electron chi connectivity index (χ3n) is 2.95. The lowest BCUT2D eigenvalue weighted by atomic mass is 10.0. The summed E-state index contributed by atoms with van der Waals surface area (Å²) in [6, 6.07) is 4.55. The number of nitrogens with zero attached hydrogens (tertiary/aromatic N) is 2. The molecule has 0 saturated carbocycles. The highest BCUT2D eigenvalue weighted by atomic mass is 32.1. The van der Waals surface area contributed by atoms with Crippen LogP contribution in [0, 0.1) is 5.82 Å². The highest BCUT2D eigenvalue weighted by Crippen LogP contribution is 2.21. The van der Waals surface area contributed by atoms with Crippen molar-refractivity contribution in [3.05, 3.63) is 35.6 Å². The van der Waals surface area contributed by atoms with Gasteiger partial charge in [0.05, 0.1) is 5.71 Å². The summed E-state index contributed by atoms with van der Waals surface area (Å²) >= 11 is 3.95. The number of hydrazone groups is 1. The van der Waals surface area contributed by atoms with Gasteiger partial charge in [-0.15, -0.1) is 0 Å². The molecule has 1 unspecified atom stereocenters. The van der Waals surface area contributed by atoms with Gasteiger partial charge in [0.25, 0.3) is 0 Å². The Bertz CT molecular complexity index is 559. The van der Waals surface area contributed by atoms with Crippen LogP contribution < -0.4 is 0 Å². The lowest BCUT2D eigenvalue weighted by Crippen LogP contribution is -2.38. The van der Waals surface area contributed by atoms with Crippen molar-refractivity contribution < 1.29 is 19.1 Å². The van der Waals surface area contributed by atoms with E-state index < -0.39 is 12.0 Å². The van der Waals surface area contributed by atoms with Gasteiger partial charge < -0.3 is 5.11 Å². The number of rotatable bonds is 4. The molecule has 5 nitrogen and oxygen atoms in total. The van der Waals surface area contributed by atoms with Gasteiger partial charge >= 0.3 is 5.97 Å². The van der Waals surface area contributed by atoms with E-state index >= 15 is 0 Å². The topological polar surface area (TPSA) is 70.0 Å². The largest absolute Gasteiger partial charge is 0.480 e. The summed E-state index contributed by atoms with van der Waals surface area (Å²) in [5.41, 5.74) is 1.07. The summed E-state index contributed by atoms with van der Waals surface area (Å²) in [7, 11) is 0. The lowest BCUT2D eigenvalue weighted by molar-refractivity contribution is -0.148. The van der Waals surface area contributed by atoms with E-state index in [0.717, 1.165) is 5.01 Å². The molecule has 0 bridgehead atoms. The van der Waals surface area contributed by atoms with E-state index in [1.54, 1.807) is 0 Å². The normalized spacial score (nSPS) is 18.0. The maximum atomic E-state index is 12.9. The molecule has 106 valence electrons. The van der Waals surface area contributed by atoms with Gasteiger partial charge in [-0.1, -0.05) is 12.1 Å². The molecule has 1 atom stereocenters. The predicted molar refractivity (Wildman–Crippen MR) is 74.3 cm³/mol. The van der Waals surface area contributed by atoms with Crippen LogP contribution in [0.1, 0.15) is 18.4 Å². The number of aliphatic carboxylic acids is 1. The summed E-state index contributed by atoms with van der Waals surface area (Å²) in [5.74, 6) is -1.56. The Morgan fingerprint density at radius 2 is 2.05 bits per heavy atom. The number of halogens is 1. The molecule has 0 spiro atoms. The van der Waals surface area contributed by atoms with Crippen LogP contribution >= 0.6 is 12.6 Å². The third-order valence-corrected chi connectivity index (χ3v) is 3.18. The first-order chi connectivity index (χ1) is 9.52. The van der Waals surface area contributed by atoms with Gasteiger partial charge in [0.1, 0.15) is 5.82 Å². The lowest BCUT2D eigenvalue weighted by Gasteiger charge is -2.17. The Labute approximate surface area is 120 Å². The number of carboxylic acids is 1. The number of thiol groups is 1. The van der Waals surface area contributed by atoms with Crippen LogP contribution in [0.25, 0.3) is 0 Å². The summed E-state index contributed by atoms with van der Waals surface area (Å²) in [4.78, 5) is 23.0. The van der Waals surface area contributed by atoms with Gasteiger partial charge in [-0.25, -0.2) is 14.2 Å². The van der Waals surface area contributed by atoms with Crippen LogP contribution in [0.5, 0.6) is 0 Å². The zero-order chi connectivity index (χ0) is 14.7. The minimum Gasteiger partial charge on any atom is -0.480 e. The molecule has 1 N–H and O–H groups in total. The number of carboxylic acid groups (broad SMARTS) is 1. The smallest absolute Gasteiger partial charge is 0.329 e. The monoisotopic (exact) mass is 296 g/mol. The molecule has 7 heteroatoms. The van der Waals surface area contributed by atoms with Crippen molar-refractivity contribution in [3.63, 3.8) is 0 Å². The van der Waals surface area contributed by atoms with Crippen molar-refractivity contribution in [1.29, 1.82) is 0 Å². The fourth-order valence-electron chi connectivity index (χ4n) is 1.96. The summed E-state index contributed by atoms with van der Waals surface area (Å²) in [5, 5.41) is 14.2. The Balaban J connectivity index is 2.27. The molecule has 0 aliphatic carbocycles. The molecule has 1 heterocycles. The van der Waals surface area contributed by atoms with Gasteiger partial charge in [0, 0.05) is 12.8 Å². The van der Waals surface area contributed by atoms with Gasteiger partial charge in [0.2, 0.25) is 5.91 Å². The highest BCUT2D eigenvalue weighted by molar-refractivity contribution is 7.80. The van der Waals surface area contributed by atoms with E-state index in [9.17, 15) is 14.0 Å². The van der Waals surface area contributed by atoms with Crippen LogP contribution in [0.15, 0.2) is 29.4 Å². The maximum Gasteiger partial charge on any atom is 0.329 e. The van der Waals surface area contributed by atoms with E-state index in [4.69, 9.17) is 5.11 Å². The highest BCUT2D eigenvalue weighted by Gasteiger charge is 2.36. The van der Waals surface area contributed by atoms with Crippen molar-refractivity contribution >= 4 is 30.2 Å². The zero-order valence-corrected chi connectivity index (χ0v) is 11.4. The second-order valence-electron chi connectivity index (χ2n) is 4.32. The number of hydrogen-bond acceptors (Lipinski definition) is 4. The molecule has 2 rings (SSSR count). The molecule has 1 aromatic carbocycles. The number of carbonyl (C=O) groups is 2. The summed E-state index contributed by atoms with van der Waals surface area (Å²) in [6.45, 7) is 0. The molecule has 1 amide bonds. The van der Waals surface area contributed by atoms with Crippen LogP contribution in [-0.2, 0) is 9.59 Å². The molecule has 0 saturated heterocycles. The fourth-order valence-corrected chi connectivity index (χ4v) is 2.15. The van der Waals surface area contributed by atoms with Crippen LogP contribution in [0.3, 0.4) is 0 Å². The summed E-state index contributed by atoms with van der Waals surface area (Å²) in [6.07, 6.45) is 0.229. The summed E-state index contributed by atoms with van der Waals surface area (Å²) < 4.78 is 12.9. The van der Waals surface area contributed by atoms with Gasteiger partial charge in [-0.05, 0) is 23.4 Å². The second kappa shape index (κ2) is 6.04. The molecule has 0 aromatic heterocycles. The van der Waals surface area contributed by atoms with E-state index in [1.807, 2.05) is 0 Å². The predicted octanol–water partition coefficient (Wildman–Crippen LogP) is 1.54. The molecule has 1 aliphatic rings. The standard InChI is InChI=1S/C13H13FN2O3S/c14-9-3-1-8(2-4-9)10-7-11(13(18)19)16(15-10)12(17)5-6-20/h1-4,11,20H,5-7H2,(H,18,19). The minimum absolute atomic E-state index is 0.110. The zero-order valence-electron chi connectivity index (χ0n) is 10.5. The molecular formula is C13H13FN2O3S. The Morgan fingerprint density at radius 3 is 2.60 bits per heavy atom. The Kier molecular flexibility index (Phi) is 4.39. The number of amides is 1. The van der Waals surface area contributed by atoms with Crippen molar-refractivity contribution in [2.45, 2.75) is 18.9 Å². The van der Waals surface area contributed by atoms with E-state index in [-0.39, 0.29) is 24.6 Å².